The van der Waals surface area contributed by atoms with E-state index < -0.39 is 40.2 Å². The summed E-state index contributed by atoms with van der Waals surface area (Å²) in [5, 5.41) is 29.6. The van der Waals surface area contributed by atoms with E-state index in [0.717, 1.165) is 0 Å². The van der Waals surface area contributed by atoms with Crippen LogP contribution in [0.5, 0.6) is 0 Å². The van der Waals surface area contributed by atoms with E-state index in [0.29, 0.717) is 0 Å². The molecule has 0 spiro atoms. The predicted octanol–water partition coefficient (Wildman–Crippen LogP) is -7.22. The second-order valence-electron chi connectivity index (χ2n) is 1.29. The van der Waals surface area contributed by atoms with Gasteiger partial charge in [0.25, 0.3) is 0 Å². The van der Waals surface area contributed by atoms with Gasteiger partial charge in [-0.3, -0.25) is 0 Å². The topological polar surface area (TPSA) is 149 Å². The fourth-order valence-corrected chi connectivity index (χ4v) is 0. The van der Waals surface area contributed by atoms with Gasteiger partial charge in [0.1, 0.15) is 0 Å². The predicted molar refractivity (Wildman–Crippen MR) is 38.5 cm³/mol. The Balaban J connectivity index is -0.0000000421. The maximum Gasteiger partial charge on any atom is 1.00 e. The van der Waals surface area contributed by atoms with Gasteiger partial charge in [-0.2, -0.15) is 0 Å². The number of carbonyl (C=O) groups is 4. The van der Waals surface area contributed by atoms with Crippen molar-refractivity contribution in [3.05, 3.63) is 0 Å². The van der Waals surface area contributed by atoms with Gasteiger partial charge >= 0.3 is 150 Å². The van der Waals surface area contributed by atoms with Crippen molar-refractivity contribution in [2.45, 2.75) is 0 Å². The molecule has 0 fully saturated rings. The molecule has 0 aromatic carbocycles. The number of carboxylic acid groups (broad SMARTS) is 4. The zero-order valence-electron chi connectivity index (χ0n) is 8.68. The molecule has 0 heterocycles. The molecule has 0 aliphatic rings. The Morgan fingerprint density at radius 2 is 0.706 bits per heavy atom. The van der Waals surface area contributed by atoms with Gasteiger partial charge in [-0.25, -0.2) is 19.2 Å². The monoisotopic (exact) mass is 370 g/mol. The molecule has 86 valence electrons. The fourth-order valence-electron chi connectivity index (χ4n) is 0. The number of hydrogen-bond donors (Lipinski definition) is 4. The average Bonchev–Trinajstić information content (AvgIpc) is 2.06. The summed E-state index contributed by atoms with van der Waals surface area (Å²) >= 11 is -2.50. The molecule has 0 bridgehead atoms. The third-order valence-electron chi connectivity index (χ3n) is 0.366. The summed E-state index contributed by atoms with van der Waals surface area (Å²) in [6.07, 6.45) is 0. The summed E-state index contributed by atoms with van der Waals surface area (Å²) < 4.78 is 19.5. The summed E-state index contributed by atoms with van der Waals surface area (Å²) in [5.41, 5.74) is 0. The van der Waals surface area contributed by atoms with Crippen molar-refractivity contribution < 1.29 is 149 Å². The zero-order valence-corrected chi connectivity index (χ0v) is 17.0. The summed E-state index contributed by atoms with van der Waals surface area (Å²) in [4.78, 5) is 36.4. The standard InChI is InChI=1S/2C2H2O4.F2Ge.2K/c2*3-1(4)2(5)6;1-3-2;;/h2*(H,3,4)(H,5,6);;;/q;;;2*+1. The quantitative estimate of drug-likeness (QED) is 0.243. The van der Waals surface area contributed by atoms with E-state index in [1.807, 2.05) is 0 Å². The maximum atomic E-state index is 9.75. The second-order valence-corrected chi connectivity index (χ2v) is 1.59. The third-order valence-corrected chi connectivity index (χ3v) is 0.366. The van der Waals surface area contributed by atoms with Crippen LogP contribution in [-0.2, 0) is 19.2 Å². The van der Waals surface area contributed by atoms with Crippen molar-refractivity contribution in [1.29, 1.82) is 0 Å². The Hall–Kier alpha value is 1.56. The Bertz CT molecular complexity index is 202. The first-order valence-electron chi connectivity index (χ1n) is 2.59. The molecule has 0 amide bonds. The first kappa shape index (κ1) is 31.1. The molecule has 8 nitrogen and oxygen atoms in total. The summed E-state index contributed by atoms with van der Waals surface area (Å²) in [6, 6.07) is 0. The van der Waals surface area contributed by atoms with Gasteiger partial charge in [-0.05, 0) is 0 Å². The Morgan fingerprint density at radius 1 is 0.647 bits per heavy atom. The Labute approximate surface area is 185 Å². The van der Waals surface area contributed by atoms with Gasteiger partial charge in [0.05, 0.1) is 0 Å². The van der Waals surface area contributed by atoms with Crippen molar-refractivity contribution in [3.63, 3.8) is 0 Å². The molecule has 0 atom stereocenters. The molecule has 2 radical (unpaired) electrons. The summed E-state index contributed by atoms with van der Waals surface area (Å²) in [7, 11) is 0. The molecule has 0 aromatic rings. The minimum Gasteiger partial charge on any atom is 1.00 e. The second kappa shape index (κ2) is 22.7. The maximum absolute atomic E-state index is 9.75. The largest absolute Gasteiger partial charge is 1.00 e. The van der Waals surface area contributed by atoms with Gasteiger partial charge in [0.15, 0.2) is 0 Å². The van der Waals surface area contributed by atoms with E-state index in [-0.39, 0.29) is 103 Å². The van der Waals surface area contributed by atoms with Crippen LogP contribution in [-0.4, -0.2) is 60.7 Å². The number of halogens is 2. The van der Waals surface area contributed by atoms with Crippen LogP contribution < -0.4 is 103 Å². The van der Waals surface area contributed by atoms with E-state index in [1.165, 1.54) is 0 Å². The molecule has 0 aromatic heterocycles. The van der Waals surface area contributed by atoms with Crippen molar-refractivity contribution >= 4 is 40.2 Å². The summed E-state index contributed by atoms with van der Waals surface area (Å²) in [6.45, 7) is 0. The van der Waals surface area contributed by atoms with Gasteiger partial charge in [0, 0.05) is 0 Å². The minimum absolute atomic E-state index is 0. The third kappa shape index (κ3) is 46.5. The number of aliphatic carboxylic acids is 4. The van der Waals surface area contributed by atoms with Crippen LogP contribution in [0, 0.1) is 0 Å². The number of hydrogen-bond acceptors (Lipinski definition) is 4. The van der Waals surface area contributed by atoms with Gasteiger partial charge < -0.3 is 20.4 Å². The first-order valence-corrected chi connectivity index (χ1v) is 4.17. The van der Waals surface area contributed by atoms with E-state index in [4.69, 9.17) is 39.6 Å². The average molecular weight is 369 g/mol. The molecular formula is C4H4F2GeK2O8+2. The van der Waals surface area contributed by atoms with E-state index in [1.54, 1.807) is 0 Å². The SMILES string of the molecule is O=C(O)C(=O)O.O=C(O)C(=O)O.[F][Ge][F].[K+].[K+]. The van der Waals surface area contributed by atoms with Crippen LogP contribution in [0.2, 0.25) is 0 Å². The Morgan fingerprint density at radius 3 is 0.706 bits per heavy atom. The molecule has 4 N–H and O–H groups in total. The molecule has 0 rings (SSSR count). The van der Waals surface area contributed by atoms with Crippen LogP contribution in [0.15, 0.2) is 0 Å². The van der Waals surface area contributed by atoms with E-state index in [2.05, 4.69) is 0 Å². The molecule has 0 unspecified atom stereocenters. The van der Waals surface area contributed by atoms with E-state index in [9.17, 15) is 7.00 Å². The normalized spacial score (nSPS) is 6.24. The van der Waals surface area contributed by atoms with Crippen LogP contribution in [0.3, 0.4) is 0 Å². The minimum atomic E-state index is -2.50. The Kier molecular flexibility index (Phi) is 41.6. The molecule has 0 saturated heterocycles. The molecular weight excluding hydrogens is 365 g/mol. The molecule has 0 saturated carbocycles. The molecule has 0 aliphatic heterocycles. The number of rotatable bonds is 0. The van der Waals surface area contributed by atoms with Gasteiger partial charge in [-0.15, -0.1) is 0 Å². The van der Waals surface area contributed by atoms with Gasteiger partial charge in [0.2, 0.25) is 0 Å². The number of carboxylic acids is 4. The van der Waals surface area contributed by atoms with Crippen molar-refractivity contribution in [2.75, 3.05) is 0 Å². The van der Waals surface area contributed by atoms with Crippen molar-refractivity contribution in [3.8, 4) is 0 Å². The van der Waals surface area contributed by atoms with Crippen LogP contribution >= 0.6 is 0 Å². The van der Waals surface area contributed by atoms with Crippen LogP contribution in [0.1, 0.15) is 0 Å². The van der Waals surface area contributed by atoms with Gasteiger partial charge in [-0.1, -0.05) is 0 Å². The smallest absolute Gasteiger partial charge is 1.00 e. The zero-order chi connectivity index (χ0) is 13.0. The molecule has 0 aliphatic carbocycles. The van der Waals surface area contributed by atoms with E-state index >= 15 is 0 Å². The first-order chi connectivity index (χ1) is 6.70. The summed E-state index contributed by atoms with van der Waals surface area (Å²) in [5.74, 6) is -7.30. The van der Waals surface area contributed by atoms with Crippen LogP contribution in [0.4, 0.5) is 7.00 Å². The molecule has 13 heteroatoms. The fraction of sp³-hybridized carbons (Fsp3) is 0. The molecule has 17 heavy (non-hydrogen) atoms. The van der Waals surface area contributed by atoms with Crippen molar-refractivity contribution in [1.82, 2.24) is 0 Å². The van der Waals surface area contributed by atoms with Crippen molar-refractivity contribution in [2.24, 2.45) is 0 Å². The van der Waals surface area contributed by atoms with Crippen LogP contribution in [0.25, 0.3) is 0 Å².